The number of hydrogen-bond donors (Lipinski definition) is 3. The largest absolute Gasteiger partial charge is 0.507 e. The SMILES string of the molecule is CCCCCOCC(=O)Nc1cccc(O)c1C(=O)O. The number of phenols is 1. The zero-order chi connectivity index (χ0) is 15.0. The molecule has 110 valence electrons. The van der Waals surface area contributed by atoms with Crippen LogP contribution < -0.4 is 5.32 Å². The smallest absolute Gasteiger partial charge is 0.341 e. The van der Waals surface area contributed by atoms with E-state index in [-0.39, 0.29) is 23.6 Å². The van der Waals surface area contributed by atoms with Gasteiger partial charge >= 0.3 is 5.97 Å². The Bertz CT molecular complexity index is 473. The highest BCUT2D eigenvalue weighted by Gasteiger charge is 2.16. The number of hydrogen-bond acceptors (Lipinski definition) is 4. The molecule has 0 atom stereocenters. The Balaban J connectivity index is 2.54. The fraction of sp³-hybridized carbons (Fsp3) is 0.429. The molecule has 0 saturated carbocycles. The van der Waals surface area contributed by atoms with E-state index in [1.807, 2.05) is 0 Å². The normalized spacial score (nSPS) is 10.2. The summed E-state index contributed by atoms with van der Waals surface area (Å²) in [5, 5.41) is 20.9. The predicted octanol–water partition coefficient (Wildman–Crippen LogP) is 2.24. The Morgan fingerprint density at radius 1 is 1.30 bits per heavy atom. The summed E-state index contributed by atoms with van der Waals surface area (Å²) in [6.45, 7) is 2.42. The maximum atomic E-state index is 11.6. The molecule has 0 aliphatic rings. The van der Waals surface area contributed by atoms with Gasteiger partial charge in [0.1, 0.15) is 17.9 Å². The summed E-state index contributed by atoms with van der Waals surface area (Å²) in [6, 6.07) is 4.12. The van der Waals surface area contributed by atoms with Crippen LogP contribution >= 0.6 is 0 Å². The van der Waals surface area contributed by atoms with Crippen molar-refractivity contribution in [2.24, 2.45) is 0 Å². The minimum atomic E-state index is -1.30. The molecule has 6 nitrogen and oxygen atoms in total. The van der Waals surface area contributed by atoms with Crippen LogP contribution in [0.4, 0.5) is 5.69 Å². The average Bonchev–Trinajstić information content (AvgIpc) is 2.38. The summed E-state index contributed by atoms with van der Waals surface area (Å²) >= 11 is 0. The minimum absolute atomic E-state index is 0.0552. The zero-order valence-corrected chi connectivity index (χ0v) is 11.4. The van der Waals surface area contributed by atoms with Crippen LogP contribution in [0.5, 0.6) is 5.75 Å². The van der Waals surface area contributed by atoms with Crippen molar-refractivity contribution in [1.29, 1.82) is 0 Å². The minimum Gasteiger partial charge on any atom is -0.507 e. The summed E-state index contributed by atoms with van der Waals surface area (Å²) in [7, 11) is 0. The molecule has 6 heteroatoms. The van der Waals surface area contributed by atoms with E-state index in [9.17, 15) is 14.7 Å². The fourth-order valence-corrected chi connectivity index (χ4v) is 1.67. The molecule has 0 radical (unpaired) electrons. The van der Waals surface area contributed by atoms with Crippen molar-refractivity contribution in [1.82, 2.24) is 0 Å². The van der Waals surface area contributed by atoms with Crippen LogP contribution in [0.15, 0.2) is 18.2 Å². The molecule has 1 amide bonds. The molecule has 0 heterocycles. The standard InChI is InChI=1S/C14H19NO5/c1-2-3-4-8-20-9-12(17)15-10-6-5-7-11(16)13(10)14(18)19/h5-7,16H,2-4,8-9H2,1H3,(H,15,17)(H,18,19). The molecule has 0 saturated heterocycles. The van der Waals surface area contributed by atoms with Gasteiger partial charge in [-0.1, -0.05) is 25.8 Å². The monoisotopic (exact) mass is 281 g/mol. The quantitative estimate of drug-likeness (QED) is 0.635. The number of amides is 1. The Labute approximate surface area is 117 Å². The van der Waals surface area contributed by atoms with Crippen LogP contribution in [-0.2, 0) is 9.53 Å². The molecule has 0 spiro atoms. The molecular weight excluding hydrogens is 262 g/mol. The Hall–Kier alpha value is -2.08. The third-order valence-electron chi connectivity index (χ3n) is 2.66. The van der Waals surface area contributed by atoms with E-state index in [0.29, 0.717) is 6.61 Å². The number of carboxylic acids is 1. The number of unbranched alkanes of at least 4 members (excludes halogenated alkanes) is 2. The van der Waals surface area contributed by atoms with Gasteiger partial charge in [0.05, 0.1) is 5.69 Å². The summed E-state index contributed by atoms with van der Waals surface area (Å²) in [5.41, 5.74) is -0.272. The van der Waals surface area contributed by atoms with Crippen LogP contribution in [0.25, 0.3) is 0 Å². The van der Waals surface area contributed by atoms with E-state index in [1.54, 1.807) is 0 Å². The number of rotatable bonds is 8. The number of aromatic hydroxyl groups is 1. The molecular formula is C14H19NO5. The Morgan fingerprint density at radius 3 is 2.70 bits per heavy atom. The first-order valence-corrected chi connectivity index (χ1v) is 6.49. The number of nitrogens with one attached hydrogen (secondary N) is 1. The Morgan fingerprint density at radius 2 is 2.05 bits per heavy atom. The number of aromatic carboxylic acids is 1. The number of anilines is 1. The second kappa shape index (κ2) is 8.16. The third kappa shape index (κ3) is 4.89. The van der Waals surface area contributed by atoms with E-state index >= 15 is 0 Å². The first kappa shape index (κ1) is 16.0. The number of ether oxygens (including phenoxy) is 1. The lowest BCUT2D eigenvalue weighted by Crippen LogP contribution is -2.20. The molecule has 1 aromatic carbocycles. The summed E-state index contributed by atoms with van der Waals surface area (Å²) < 4.78 is 5.18. The molecule has 3 N–H and O–H groups in total. The highest BCUT2D eigenvalue weighted by Crippen LogP contribution is 2.25. The van der Waals surface area contributed by atoms with Crippen molar-refractivity contribution >= 4 is 17.6 Å². The van der Waals surface area contributed by atoms with Gasteiger partial charge in [-0.3, -0.25) is 4.79 Å². The van der Waals surface area contributed by atoms with E-state index < -0.39 is 11.9 Å². The summed E-state index contributed by atoms with van der Waals surface area (Å²) in [5.74, 6) is -2.14. The summed E-state index contributed by atoms with van der Waals surface area (Å²) in [4.78, 5) is 22.6. The van der Waals surface area contributed by atoms with Crippen LogP contribution in [0, 0.1) is 0 Å². The van der Waals surface area contributed by atoms with E-state index in [4.69, 9.17) is 9.84 Å². The molecule has 0 aliphatic heterocycles. The second-order valence-electron chi connectivity index (χ2n) is 4.31. The van der Waals surface area contributed by atoms with Gasteiger partial charge in [-0.25, -0.2) is 4.79 Å². The molecule has 0 aliphatic carbocycles. The lowest BCUT2D eigenvalue weighted by molar-refractivity contribution is -0.120. The summed E-state index contributed by atoms with van der Waals surface area (Å²) in [6.07, 6.45) is 2.99. The van der Waals surface area contributed by atoms with Crippen molar-refractivity contribution in [3.63, 3.8) is 0 Å². The molecule has 1 aromatic rings. The van der Waals surface area contributed by atoms with Crippen LogP contribution in [0.3, 0.4) is 0 Å². The van der Waals surface area contributed by atoms with Gasteiger partial charge in [0.15, 0.2) is 0 Å². The lowest BCUT2D eigenvalue weighted by Gasteiger charge is -2.10. The predicted molar refractivity (Wildman–Crippen MR) is 74.0 cm³/mol. The van der Waals surface area contributed by atoms with Gasteiger partial charge in [-0.05, 0) is 18.6 Å². The number of benzene rings is 1. The van der Waals surface area contributed by atoms with Crippen molar-refractivity contribution in [2.75, 3.05) is 18.5 Å². The molecule has 0 bridgehead atoms. The van der Waals surface area contributed by atoms with Gasteiger partial charge in [0, 0.05) is 6.61 Å². The fourth-order valence-electron chi connectivity index (χ4n) is 1.67. The van der Waals surface area contributed by atoms with Gasteiger partial charge < -0.3 is 20.3 Å². The topological polar surface area (TPSA) is 95.9 Å². The van der Waals surface area contributed by atoms with Gasteiger partial charge in [0.25, 0.3) is 0 Å². The van der Waals surface area contributed by atoms with E-state index in [0.717, 1.165) is 19.3 Å². The van der Waals surface area contributed by atoms with Crippen LogP contribution in [0.1, 0.15) is 36.5 Å². The van der Waals surface area contributed by atoms with Crippen LogP contribution in [0.2, 0.25) is 0 Å². The lowest BCUT2D eigenvalue weighted by atomic mass is 10.1. The zero-order valence-electron chi connectivity index (χ0n) is 11.4. The molecule has 1 rings (SSSR count). The van der Waals surface area contributed by atoms with E-state index in [1.165, 1.54) is 18.2 Å². The van der Waals surface area contributed by atoms with Gasteiger partial charge in [-0.2, -0.15) is 0 Å². The van der Waals surface area contributed by atoms with Gasteiger partial charge in [0.2, 0.25) is 5.91 Å². The average molecular weight is 281 g/mol. The van der Waals surface area contributed by atoms with Crippen molar-refractivity contribution < 1.29 is 24.5 Å². The first-order chi connectivity index (χ1) is 9.56. The molecule has 0 unspecified atom stereocenters. The highest BCUT2D eigenvalue weighted by molar-refractivity contribution is 6.02. The molecule has 0 aromatic heterocycles. The second-order valence-corrected chi connectivity index (χ2v) is 4.31. The number of carbonyl (C=O) groups is 2. The van der Waals surface area contributed by atoms with Crippen molar-refractivity contribution in [3.8, 4) is 5.75 Å². The third-order valence-corrected chi connectivity index (χ3v) is 2.66. The van der Waals surface area contributed by atoms with E-state index in [2.05, 4.69) is 12.2 Å². The van der Waals surface area contributed by atoms with Gasteiger partial charge in [-0.15, -0.1) is 0 Å². The van der Waals surface area contributed by atoms with Crippen molar-refractivity contribution in [2.45, 2.75) is 26.2 Å². The molecule has 20 heavy (non-hydrogen) atoms. The Kier molecular flexibility index (Phi) is 6.52. The van der Waals surface area contributed by atoms with Crippen LogP contribution in [-0.4, -0.2) is 35.3 Å². The highest BCUT2D eigenvalue weighted by atomic mass is 16.5. The van der Waals surface area contributed by atoms with Crippen molar-refractivity contribution in [3.05, 3.63) is 23.8 Å². The number of carbonyl (C=O) groups excluding carboxylic acids is 1. The number of carboxylic acid groups (broad SMARTS) is 1. The maximum absolute atomic E-state index is 11.6. The first-order valence-electron chi connectivity index (χ1n) is 6.49. The maximum Gasteiger partial charge on any atom is 0.341 e. The molecule has 0 fully saturated rings.